The number of carbonyl (C=O) groups excluding carboxylic acids is 1. The Labute approximate surface area is 224 Å². The number of benzene rings is 1. The molecular weight excluding hydrogens is 519 g/mol. The predicted molar refractivity (Wildman–Crippen MR) is 141 cm³/mol. The molecule has 3 saturated heterocycles. The van der Waals surface area contributed by atoms with Crippen molar-refractivity contribution in [2.75, 3.05) is 80.6 Å². The molecule has 1 atom stereocenters. The Balaban J connectivity index is 1.05. The Morgan fingerprint density at radius 2 is 1.53 bits per heavy atom. The zero-order valence-corrected chi connectivity index (χ0v) is 21.9. The highest BCUT2D eigenvalue weighted by Gasteiger charge is 2.29. The van der Waals surface area contributed by atoms with Gasteiger partial charge in [-0.3, -0.25) is 4.90 Å². The van der Waals surface area contributed by atoms with Gasteiger partial charge in [-0.1, -0.05) is 0 Å². The summed E-state index contributed by atoms with van der Waals surface area (Å²) in [6, 6.07) is 9.36. The van der Waals surface area contributed by atoms with E-state index in [0.717, 1.165) is 57.4 Å². The smallest absolute Gasteiger partial charge is 0.377 e. The van der Waals surface area contributed by atoms with Crippen molar-refractivity contribution >= 4 is 35.1 Å². The molecule has 4 heterocycles. The number of carbonyl (C=O) groups is 1. The van der Waals surface area contributed by atoms with E-state index in [4.69, 9.17) is 4.74 Å². The molecule has 13 heteroatoms. The van der Waals surface area contributed by atoms with Crippen LogP contribution in [0.25, 0.3) is 0 Å². The fourth-order valence-electron chi connectivity index (χ4n) is 4.97. The molecule has 1 N–H and O–H groups in total. The van der Waals surface area contributed by atoms with Crippen molar-refractivity contribution in [2.24, 2.45) is 0 Å². The Morgan fingerprint density at radius 1 is 0.921 bits per heavy atom. The number of alkyl halides is 3. The number of nitrogens with one attached hydrogen (secondary N) is 1. The first-order chi connectivity index (χ1) is 18.3. The molecule has 1 unspecified atom stereocenters. The summed E-state index contributed by atoms with van der Waals surface area (Å²) in [5, 5.41) is 11.7. The van der Waals surface area contributed by atoms with Crippen LogP contribution < -0.4 is 15.1 Å². The molecule has 2 amide bonds. The summed E-state index contributed by atoms with van der Waals surface area (Å²) in [4.78, 5) is 21.2. The fourth-order valence-corrected chi connectivity index (χ4v) is 5.51. The zero-order valence-electron chi connectivity index (χ0n) is 21.1. The normalized spacial score (nSPS) is 21.1. The first-order valence-corrected chi connectivity index (χ1v) is 13.7. The molecule has 0 saturated carbocycles. The van der Waals surface area contributed by atoms with Crippen LogP contribution in [0.15, 0.2) is 41.3 Å². The minimum absolute atomic E-state index is 0.0768. The third-order valence-electron chi connectivity index (χ3n) is 7.05. The van der Waals surface area contributed by atoms with Crippen LogP contribution in [0.1, 0.15) is 12.8 Å². The molecule has 0 spiro atoms. The maximum absolute atomic E-state index is 12.6. The highest BCUT2D eigenvalue weighted by atomic mass is 32.2. The van der Waals surface area contributed by atoms with Crippen LogP contribution in [0.4, 0.5) is 35.3 Å². The van der Waals surface area contributed by atoms with Crippen LogP contribution in [0.3, 0.4) is 0 Å². The number of urea groups is 1. The van der Waals surface area contributed by atoms with E-state index >= 15 is 0 Å². The van der Waals surface area contributed by atoms with Gasteiger partial charge in [0.05, 0.1) is 6.10 Å². The molecule has 1 aromatic heterocycles. The number of rotatable bonds is 6. The summed E-state index contributed by atoms with van der Waals surface area (Å²) in [7, 11) is 0. The van der Waals surface area contributed by atoms with Gasteiger partial charge in [-0.2, -0.15) is 13.2 Å². The number of hydrogen-bond acceptors (Lipinski definition) is 8. The molecule has 0 aliphatic carbocycles. The number of piperazine rings is 2. The summed E-state index contributed by atoms with van der Waals surface area (Å²) in [5.74, 6) is 1.66. The third-order valence-corrected chi connectivity index (χ3v) is 7.79. The quantitative estimate of drug-likeness (QED) is 0.545. The van der Waals surface area contributed by atoms with Gasteiger partial charge in [-0.05, 0) is 61.0 Å². The molecule has 0 bridgehead atoms. The maximum atomic E-state index is 12.6. The number of halogens is 3. The molecule has 3 fully saturated rings. The van der Waals surface area contributed by atoms with E-state index in [1.165, 1.54) is 30.7 Å². The number of nitrogens with zero attached hydrogens (tertiary/aromatic N) is 6. The number of anilines is 3. The Hall–Kier alpha value is -2.77. The van der Waals surface area contributed by atoms with E-state index in [0.29, 0.717) is 38.0 Å². The van der Waals surface area contributed by atoms with Crippen LogP contribution in [-0.2, 0) is 4.74 Å². The van der Waals surface area contributed by atoms with Crippen LogP contribution in [0.2, 0.25) is 0 Å². The molecule has 1 aromatic carbocycles. The number of thioether (sulfide) groups is 1. The van der Waals surface area contributed by atoms with Gasteiger partial charge in [0.1, 0.15) is 0 Å². The van der Waals surface area contributed by atoms with E-state index in [2.05, 4.69) is 30.2 Å². The van der Waals surface area contributed by atoms with Gasteiger partial charge >= 0.3 is 11.5 Å². The first-order valence-electron chi connectivity index (χ1n) is 12.9. The standard InChI is InChI=1S/C25H32F3N7O2S/c26-25(27,28)38-21-5-3-19(4-6-21)29-24(36)35-15-13-34(14-16-35)23-8-7-22(30-31-23)33-11-9-32(10-12-33)18-20-2-1-17-37-20/h3-8,20H,1-2,9-18H2,(H,29,36). The molecule has 9 nitrogen and oxygen atoms in total. The zero-order chi connectivity index (χ0) is 26.5. The van der Waals surface area contributed by atoms with Crippen LogP contribution in [-0.4, -0.2) is 103 Å². The van der Waals surface area contributed by atoms with Crippen molar-refractivity contribution in [2.45, 2.75) is 29.3 Å². The summed E-state index contributed by atoms with van der Waals surface area (Å²) < 4.78 is 43.2. The summed E-state index contributed by atoms with van der Waals surface area (Å²) in [5.41, 5.74) is -3.88. The lowest BCUT2D eigenvalue weighted by atomic mass is 10.2. The third kappa shape index (κ3) is 7.20. The summed E-state index contributed by atoms with van der Waals surface area (Å²) >= 11 is -0.180. The minimum atomic E-state index is -4.34. The fraction of sp³-hybridized carbons (Fsp3) is 0.560. The van der Waals surface area contributed by atoms with E-state index in [1.807, 2.05) is 12.1 Å². The van der Waals surface area contributed by atoms with Crippen molar-refractivity contribution in [3.8, 4) is 0 Å². The SMILES string of the molecule is O=C(Nc1ccc(SC(F)(F)F)cc1)N1CCN(c2ccc(N3CCN(CC4CCCO4)CC3)nn2)CC1. The number of ether oxygens (including phenoxy) is 1. The summed E-state index contributed by atoms with van der Waals surface area (Å²) in [6.07, 6.45) is 2.71. The molecule has 3 aliphatic heterocycles. The molecular formula is C25H32F3N7O2S. The molecule has 0 radical (unpaired) electrons. The second-order valence-corrected chi connectivity index (χ2v) is 10.8. The van der Waals surface area contributed by atoms with Crippen molar-refractivity contribution in [3.63, 3.8) is 0 Å². The van der Waals surface area contributed by atoms with Crippen molar-refractivity contribution in [1.29, 1.82) is 0 Å². The maximum Gasteiger partial charge on any atom is 0.446 e. The number of amides is 2. The second-order valence-electron chi connectivity index (χ2n) is 9.65. The first kappa shape index (κ1) is 26.8. The average molecular weight is 552 g/mol. The largest absolute Gasteiger partial charge is 0.446 e. The van der Waals surface area contributed by atoms with Gasteiger partial charge < -0.3 is 24.8 Å². The lowest BCUT2D eigenvalue weighted by molar-refractivity contribution is -0.0328. The van der Waals surface area contributed by atoms with Crippen LogP contribution in [0, 0.1) is 0 Å². The van der Waals surface area contributed by atoms with Crippen molar-refractivity contribution in [1.82, 2.24) is 20.0 Å². The van der Waals surface area contributed by atoms with E-state index < -0.39 is 5.51 Å². The van der Waals surface area contributed by atoms with Crippen LogP contribution in [0.5, 0.6) is 0 Å². The molecule has 206 valence electrons. The molecule has 3 aliphatic rings. The lowest BCUT2D eigenvalue weighted by Crippen LogP contribution is -2.50. The lowest BCUT2D eigenvalue weighted by Gasteiger charge is -2.37. The number of aromatic nitrogens is 2. The predicted octanol–water partition coefficient (Wildman–Crippen LogP) is 3.74. The molecule has 2 aromatic rings. The Bertz CT molecular complexity index is 1050. The van der Waals surface area contributed by atoms with Gasteiger partial charge in [0.2, 0.25) is 0 Å². The summed E-state index contributed by atoms with van der Waals surface area (Å²) in [6.45, 7) is 7.95. The van der Waals surface area contributed by atoms with Gasteiger partial charge in [-0.25, -0.2) is 4.79 Å². The van der Waals surface area contributed by atoms with Crippen molar-refractivity contribution in [3.05, 3.63) is 36.4 Å². The van der Waals surface area contributed by atoms with Gasteiger partial charge in [0, 0.05) is 76.1 Å². The van der Waals surface area contributed by atoms with E-state index in [9.17, 15) is 18.0 Å². The average Bonchev–Trinajstić information content (AvgIpc) is 3.43. The monoisotopic (exact) mass is 551 g/mol. The van der Waals surface area contributed by atoms with E-state index in [-0.39, 0.29) is 22.7 Å². The highest BCUT2D eigenvalue weighted by Crippen LogP contribution is 2.37. The van der Waals surface area contributed by atoms with Gasteiger partial charge in [-0.15, -0.1) is 10.2 Å². The molecule has 5 rings (SSSR count). The van der Waals surface area contributed by atoms with Crippen LogP contribution >= 0.6 is 11.8 Å². The number of hydrogen-bond donors (Lipinski definition) is 1. The molecule has 38 heavy (non-hydrogen) atoms. The van der Waals surface area contributed by atoms with Gasteiger partial charge in [0.15, 0.2) is 11.6 Å². The Morgan fingerprint density at radius 3 is 2.05 bits per heavy atom. The highest BCUT2D eigenvalue weighted by molar-refractivity contribution is 8.00. The van der Waals surface area contributed by atoms with E-state index in [1.54, 1.807) is 4.90 Å². The topological polar surface area (TPSA) is 77.1 Å². The minimum Gasteiger partial charge on any atom is -0.377 e. The second kappa shape index (κ2) is 12.0. The Kier molecular flexibility index (Phi) is 8.44. The van der Waals surface area contributed by atoms with Crippen molar-refractivity contribution < 1.29 is 22.7 Å². The van der Waals surface area contributed by atoms with Gasteiger partial charge in [0.25, 0.3) is 0 Å².